The van der Waals surface area contributed by atoms with Crippen LogP contribution < -0.4 is 10.6 Å². The summed E-state index contributed by atoms with van der Waals surface area (Å²) < 4.78 is 6.67. The number of halogens is 2. The zero-order chi connectivity index (χ0) is 18.0. The molecule has 1 amide bonds. The second-order valence-corrected chi connectivity index (χ2v) is 7.45. The van der Waals surface area contributed by atoms with Gasteiger partial charge >= 0.3 is 0 Å². The van der Waals surface area contributed by atoms with E-state index in [0.717, 1.165) is 5.56 Å². The lowest BCUT2D eigenvalue weighted by Crippen LogP contribution is -2.52. The normalized spacial score (nSPS) is 23.0. The number of amides is 1. The van der Waals surface area contributed by atoms with Gasteiger partial charge in [0.15, 0.2) is 11.0 Å². The molecular formula is C17H18BrClN4O2. The van der Waals surface area contributed by atoms with Gasteiger partial charge in [-0.25, -0.2) is 0 Å². The number of hydrogen-bond donors (Lipinski definition) is 1. The standard InChI is InChI=1S/C17H18BrClN4O2/c1-17(16(20)24)8-12(25-10-11-5-3-2-4-6-11)9-23(17)15-13(18)7-14(19)21-22-15/h2-7,12H,8-10H2,1H3,(H2,20,24)/t12-,17+/m1/s1. The highest BCUT2D eigenvalue weighted by atomic mass is 79.9. The number of benzene rings is 1. The van der Waals surface area contributed by atoms with Gasteiger partial charge in [-0.15, -0.1) is 10.2 Å². The molecule has 0 bridgehead atoms. The summed E-state index contributed by atoms with van der Waals surface area (Å²) in [6, 6.07) is 11.5. The third-order valence-electron chi connectivity index (χ3n) is 4.42. The molecule has 1 aliphatic heterocycles. The van der Waals surface area contributed by atoms with Gasteiger partial charge in [-0.2, -0.15) is 0 Å². The van der Waals surface area contributed by atoms with Crippen LogP contribution in [0.2, 0.25) is 5.15 Å². The van der Waals surface area contributed by atoms with Crippen LogP contribution in [0.15, 0.2) is 40.9 Å². The molecule has 0 aliphatic carbocycles. The zero-order valence-corrected chi connectivity index (χ0v) is 16.0. The molecule has 3 rings (SSSR count). The summed E-state index contributed by atoms with van der Waals surface area (Å²) in [6.45, 7) is 2.76. The largest absolute Gasteiger partial charge is 0.372 e. The summed E-state index contributed by atoms with van der Waals surface area (Å²) in [6.07, 6.45) is 0.327. The zero-order valence-electron chi connectivity index (χ0n) is 13.7. The first-order chi connectivity index (χ1) is 11.9. The minimum absolute atomic E-state index is 0.151. The van der Waals surface area contributed by atoms with Crippen LogP contribution in [0.4, 0.5) is 5.82 Å². The van der Waals surface area contributed by atoms with Gasteiger partial charge in [-0.3, -0.25) is 4.79 Å². The number of rotatable bonds is 5. The lowest BCUT2D eigenvalue weighted by Gasteiger charge is -2.32. The molecule has 1 aliphatic rings. The molecule has 0 unspecified atom stereocenters. The van der Waals surface area contributed by atoms with E-state index in [1.165, 1.54) is 0 Å². The highest BCUT2D eigenvalue weighted by Gasteiger charge is 2.48. The first kappa shape index (κ1) is 18.1. The minimum atomic E-state index is -0.910. The van der Waals surface area contributed by atoms with Crippen molar-refractivity contribution in [1.82, 2.24) is 10.2 Å². The molecule has 2 atom stereocenters. The summed E-state index contributed by atoms with van der Waals surface area (Å²) in [4.78, 5) is 14.0. The number of aromatic nitrogens is 2. The molecule has 8 heteroatoms. The Labute approximate surface area is 159 Å². The Morgan fingerprint density at radius 1 is 1.44 bits per heavy atom. The van der Waals surface area contributed by atoms with Gasteiger partial charge in [0.05, 0.1) is 17.2 Å². The van der Waals surface area contributed by atoms with Crippen molar-refractivity contribution in [3.8, 4) is 0 Å². The summed E-state index contributed by atoms with van der Waals surface area (Å²) in [5, 5.41) is 8.27. The lowest BCUT2D eigenvalue weighted by molar-refractivity contribution is -0.122. The lowest BCUT2D eigenvalue weighted by atomic mass is 9.97. The van der Waals surface area contributed by atoms with E-state index in [-0.39, 0.29) is 11.3 Å². The molecule has 132 valence electrons. The van der Waals surface area contributed by atoms with E-state index in [9.17, 15) is 4.79 Å². The van der Waals surface area contributed by atoms with E-state index >= 15 is 0 Å². The summed E-state index contributed by atoms with van der Waals surface area (Å²) in [5.74, 6) is 0.0958. The van der Waals surface area contributed by atoms with E-state index in [1.807, 2.05) is 35.2 Å². The van der Waals surface area contributed by atoms with Crippen molar-refractivity contribution in [3.05, 3.63) is 51.6 Å². The fourth-order valence-electron chi connectivity index (χ4n) is 3.00. The van der Waals surface area contributed by atoms with Gasteiger partial charge < -0.3 is 15.4 Å². The molecule has 0 saturated carbocycles. The molecule has 2 aromatic rings. The van der Waals surface area contributed by atoms with Crippen LogP contribution in [0.5, 0.6) is 0 Å². The van der Waals surface area contributed by atoms with Crippen LogP contribution in [0.1, 0.15) is 18.9 Å². The van der Waals surface area contributed by atoms with Gasteiger partial charge in [-0.1, -0.05) is 41.9 Å². The number of anilines is 1. The van der Waals surface area contributed by atoms with Crippen LogP contribution in [0.3, 0.4) is 0 Å². The van der Waals surface area contributed by atoms with E-state index in [2.05, 4.69) is 26.1 Å². The van der Waals surface area contributed by atoms with Gasteiger partial charge in [-0.05, 0) is 34.5 Å². The third kappa shape index (κ3) is 3.78. The Balaban J connectivity index is 1.80. The van der Waals surface area contributed by atoms with Gasteiger partial charge in [0.25, 0.3) is 0 Å². The summed E-state index contributed by atoms with van der Waals surface area (Å²) in [5.41, 5.74) is 5.85. The van der Waals surface area contributed by atoms with Crippen molar-refractivity contribution in [2.24, 2.45) is 5.73 Å². The Morgan fingerprint density at radius 3 is 2.80 bits per heavy atom. The van der Waals surface area contributed by atoms with Crippen molar-refractivity contribution in [3.63, 3.8) is 0 Å². The maximum atomic E-state index is 12.1. The Hall–Kier alpha value is -1.70. The van der Waals surface area contributed by atoms with Crippen LogP contribution in [0, 0.1) is 0 Å². The molecule has 0 radical (unpaired) electrons. The molecule has 2 N–H and O–H groups in total. The van der Waals surface area contributed by atoms with Crippen LogP contribution >= 0.6 is 27.5 Å². The fraction of sp³-hybridized carbons (Fsp3) is 0.353. The van der Waals surface area contributed by atoms with Crippen LogP contribution in [-0.4, -0.2) is 34.3 Å². The minimum Gasteiger partial charge on any atom is -0.372 e. The molecule has 1 saturated heterocycles. The Morgan fingerprint density at radius 2 is 2.16 bits per heavy atom. The molecule has 1 aromatic heterocycles. The first-order valence-corrected chi connectivity index (χ1v) is 8.99. The topological polar surface area (TPSA) is 81.3 Å². The fourth-order valence-corrected chi connectivity index (χ4v) is 3.79. The maximum Gasteiger partial charge on any atom is 0.243 e. The number of ether oxygens (including phenoxy) is 1. The highest BCUT2D eigenvalue weighted by Crippen LogP contribution is 2.38. The van der Waals surface area contributed by atoms with Crippen molar-refractivity contribution in [2.75, 3.05) is 11.4 Å². The predicted octanol–water partition coefficient (Wildman–Crippen LogP) is 2.93. The number of nitrogens with zero attached hydrogens (tertiary/aromatic N) is 3. The number of primary amides is 1. The molecule has 25 heavy (non-hydrogen) atoms. The van der Waals surface area contributed by atoms with Crippen molar-refractivity contribution in [1.29, 1.82) is 0 Å². The quantitative estimate of drug-likeness (QED) is 0.796. The maximum absolute atomic E-state index is 12.1. The van der Waals surface area contributed by atoms with E-state index < -0.39 is 11.4 Å². The molecule has 1 aromatic carbocycles. The third-order valence-corrected chi connectivity index (χ3v) is 5.19. The summed E-state index contributed by atoms with van der Waals surface area (Å²) in [7, 11) is 0. The number of carbonyl (C=O) groups is 1. The Kier molecular flexibility index (Phi) is 5.27. The second kappa shape index (κ2) is 7.27. The molecule has 1 fully saturated rings. The Bertz CT molecular complexity index is 776. The number of hydrogen-bond acceptors (Lipinski definition) is 5. The SMILES string of the molecule is C[C@@]1(C(N)=O)C[C@@H](OCc2ccccc2)CN1c1nnc(Cl)cc1Br. The molecule has 0 spiro atoms. The second-order valence-electron chi connectivity index (χ2n) is 6.21. The average Bonchev–Trinajstić information content (AvgIpc) is 2.92. The monoisotopic (exact) mass is 424 g/mol. The van der Waals surface area contributed by atoms with E-state index in [0.29, 0.717) is 29.9 Å². The van der Waals surface area contributed by atoms with E-state index in [4.69, 9.17) is 22.1 Å². The molecular weight excluding hydrogens is 408 g/mol. The smallest absolute Gasteiger partial charge is 0.243 e. The van der Waals surface area contributed by atoms with Crippen LogP contribution in [0.25, 0.3) is 0 Å². The number of nitrogens with two attached hydrogens (primary N) is 1. The van der Waals surface area contributed by atoms with Crippen LogP contribution in [-0.2, 0) is 16.1 Å². The molecule has 2 heterocycles. The van der Waals surface area contributed by atoms with Crippen molar-refractivity contribution in [2.45, 2.75) is 31.6 Å². The highest BCUT2D eigenvalue weighted by molar-refractivity contribution is 9.10. The summed E-state index contributed by atoms with van der Waals surface area (Å²) >= 11 is 9.30. The number of carbonyl (C=O) groups excluding carboxylic acids is 1. The predicted molar refractivity (Wildman–Crippen MR) is 99.3 cm³/mol. The first-order valence-electron chi connectivity index (χ1n) is 7.82. The van der Waals surface area contributed by atoms with Gasteiger partial charge in [0, 0.05) is 13.0 Å². The van der Waals surface area contributed by atoms with Crippen molar-refractivity contribution < 1.29 is 9.53 Å². The molecule has 6 nitrogen and oxygen atoms in total. The average molecular weight is 426 g/mol. The van der Waals surface area contributed by atoms with Crippen molar-refractivity contribution >= 4 is 39.3 Å². The van der Waals surface area contributed by atoms with E-state index in [1.54, 1.807) is 13.0 Å². The van der Waals surface area contributed by atoms with Gasteiger partial charge in [0.1, 0.15) is 5.54 Å². The van der Waals surface area contributed by atoms with Gasteiger partial charge in [0.2, 0.25) is 5.91 Å².